The van der Waals surface area contributed by atoms with Crippen molar-refractivity contribution in [3.63, 3.8) is 0 Å². The number of para-hydroxylation sites is 1. The van der Waals surface area contributed by atoms with E-state index in [2.05, 4.69) is 11.1 Å². The fourth-order valence-corrected chi connectivity index (χ4v) is 3.33. The molecule has 0 saturated heterocycles. The molecule has 1 aliphatic heterocycles. The Morgan fingerprint density at radius 3 is 2.87 bits per heavy atom. The van der Waals surface area contributed by atoms with Gasteiger partial charge < -0.3 is 14.6 Å². The number of methoxy groups -OCH3 is 1. The van der Waals surface area contributed by atoms with Gasteiger partial charge >= 0.3 is 0 Å². The van der Waals surface area contributed by atoms with Crippen LogP contribution in [-0.4, -0.2) is 24.5 Å². The minimum absolute atomic E-state index is 0.0302. The van der Waals surface area contributed by atoms with Gasteiger partial charge in [-0.15, -0.1) is 0 Å². The van der Waals surface area contributed by atoms with E-state index in [9.17, 15) is 4.79 Å². The summed E-state index contributed by atoms with van der Waals surface area (Å²) in [5.74, 6) is 0.827. The number of anilines is 1. The van der Waals surface area contributed by atoms with Crippen LogP contribution in [0.25, 0.3) is 10.9 Å². The molecule has 1 aliphatic rings. The molecule has 0 saturated carbocycles. The maximum atomic E-state index is 13.0. The first kappa shape index (κ1) is 13.9. The number of ether oxygens (including phenoxy) is 1. The molecule has 0 spiro atoms. The second-order valence-corrected chi connectivity index (χ2v) is 5.87. The van der Waals surface area contributed by atoms with Crippen molar-refractivity contribution < 1.29 is 9.53 Å². The average Bonchev–Trinajstić information content (AvgIpc) is 3.16. The van der Waals surface area contributed by atoms with Gasteiger partial charge in [0.2, 0.25) is 0 Å². The summed E-state index contributed by atoms with van der Waals surface area (Å²) in [6.07, 6.45) is 0.912. The molecule has 0 aliphatic carbocycles. The Morgan fingerprint density at radius 1 is 1.22 bits per heavy atom. The summed E-state index contributed by atoms with van der Waals surface area (Å²) < 4.78 is 5.28. The first-order valence-corrected chi connectivity index (χ1v) is 7.75. The van der Waals surface area contributed by atoms with Gasteiger partial charge in [0.05, 0.1) is 7.11 Å². The summed E-state index contributed by atoms with van der Waals surface area (Å²) in [4.78, 5) is 18.2. The number of rotatable bonds is 2. The van der Waals surface area contributed by atoms with Crippen LogP contribution in [0.15, 0.2) is 42.5 Å². The number of aromatic amines is 1. The zero-order valence-electron chi connectivity index (χ0n) is 13.2. The fraction of sp³-hybridized carbons (Fsp3) is 0.211. The standard InChI is InChI=1S/C19H18N2O2/c1-12-15-11-14(23-2)7-8-16(15)20-18(12)19(22)21-10-9-13-5-3-4-6-17(13)21/h3-8,11,20H,9-10H2,1-2H3. The Morgan fingerprint density at radius 2 is 2.04 bits per heavy atom. The highest BCUT2D eigenvalue weighted by Gasteiger charge is 2.27. The number of fused-ring (bicyclic) bond motifs is 2. The molecule has 0 atom stereocenters. The molecule has 4 nitrogen and oxygen atoms in total. The molecule has 116 valence electrons. The number of H-pyrrole nitrogens is 1. The van der Waals surface area contributed by atoms with E-state index >= 15 is 0 Å². The topological polar surface area (TPSA) is 45.3 Å². The molecule has 1 N–H and O–H groups in total. The fourth-order valence-electron chi connectivity index (χ4n) is 3.33. The number of aromatic nitrogens is 1. The molecule has 0 radical (unpaired) electrons. The van der Waals surface area contributed by atoms with Gasteiger partial charge in [0.15, 0.2) is 0 Å². The van der Waals surface area contributed by atoms with Crippen molar-refractivity contribution in [2.45, 2.75) is 13.3 Å². The average molecular weight is 306 g/mol. The van der Waals surface area contributed by atoms with E-state index in [1.54, 1.807) is 7.11 Å². The van der Waals surface area contributed by atoms with E-state index in [1.165, 1.54) is 5.56 Å². The van der Waals surface area contributed by atoms with Crippen molar-refractivity contribution in [3.05, 3.63) is 59.3 Å². The summed E-state index contributed by atoms with van der Waals surface area (Å²) in [5.41, 5.74) is 4.83. The van der Waals surface area contributed by atoms with Crippen molar-refractivity contribution in [3.8, 4) is 5.75 Å². The molecular weight excluding hydrogens is 288 g/mol. The summed E-state index contributed by atoms with van der Waals surface area (Å²) in [7, 11) is 1.65. The summed E-state index contributed by atoms with van der Waals surface area (Å²) >= 11 is 0. The van der Waals surface area contributed by atoms with Crippen molar-refractivity contribution in [2.75, 3.05) is 18.6 Å². The maximum Gasteiger partial charge on any atom is 0.275 e. The molecule has 3 aromatic rings. The summed E-state index contributed by atoms with van der Waals surface area (Å²) in [6, 6.07) is 13.9. The second-order valence-electron chi connectivity index (χ2n) is 5.87. The monoisotopic (exact) mass is 306 g/mol. The quantitative estimate of drug-likeness (QED) is 0.785. The molecule has 23 heavy (non-hydrogen) atoms. The SMILES string of the molecule is COc1ccc2[nH]c(C(=O)N3CCc4ccccc43)c(C)c2c1. The molecule has 4 rings (SSSR count). The molecule has 2 heterocycles. The van der Waals surface area contributed by atoms with E-state index in [0.717, 1.165) is 40.9 Å². The Balaban J connectivity index is 1.78. The first-order chi connectivity index (χ1) is 11.2. The van der Waals surface area contributed by atoms with E-state index in [-0.39, 0.29) is 5.91 Å². The summed E-state index contributed by atoms with van der Waals surface area (Å²) in [6.45, 7) is 2.71. The van der Waals surface area contributed by atoms with E-state index in [0.29, 0.717) is 5.69 Å². The number of nitrogens with one attached hydrogen (secondary N) is 1. The minimum Gasteiger partial charge on any atom is -0.497 e. The van der Waals surface area contributed by atoms with Gasteiger partial charge in [0.1, 0.15) is 11.4 Å². The lowest BCUT2D eigenvalue weighted by molar-refractivity contribution is 0.0985. The third kappa shape index (κ3) is 2.10. The van der Waals surface area contributed by atoms with Crippen LogP contribution in [0.4, 0.5) is 5.69 Å². The number of nitrogens with zero attached hydrogens (tertiary/aromatic N) is 1. The molecule has 2 aromatic carbocycles. The van der Waals surface area contributed by atoms with Gasteiger partial charge in [0, 0.05) is 23.1 Å². The number of carbonyl (C=O) groups is 1. The number of carbonyl (C=O) groups excluding carboxylic acids is 1. The van der Waals surface area contributed by atoms with E-state index in [1.807, 2.05) is 48.2 Å². The van der Waals surface area contributed by atoms with Crippen LogP contribution in [-0.2, 0) is 6.42 Å². The van der Waals surface area contributed by atoms with Crippen LogP contribution in [0.1, 0.15) is 21.6 Å². The normalized spacial score (nSPS) is 13.4. The lowest BCUT2D eigenvalue weighted by Crippen LogP contribution is -2.29. The lowest BCUT2D eigenvalue weighted by Gasteiger charge is -2.17. The van der Waals surface area contributed by atoms with E-state index < -0.39 is 0 Å². The Labute approximate surface area is 134 Å². The Hall–Kier alpha value is -2.75. The third-order valence-electron chi connectivity index (χ3n) is 4.61. The highest BCUT2D eigenvalue weighted by atomic mass is 16.5. The second kappa shape index (κ2) is 5.16. The number of amides is 1. The smallest absolute Gasteiger partial charge is 0.275 e. The molecule has 1 amide bonds. The molecule has 1 aromatic heterocycles. The molecule has 4 heteroatoms. The number of benzene rings is 2. The Kier molecular flexibility index (Phi) is 3.11. The van der Waals surface area contributed by atoms with Gasteiger partial charge in [-0.1, -0.05) is 18.2 Å². The predicted octanol–water partition coefficient (Wildman–Crippen LogP) is 3.69. The number of aryl methyl sites for hydroxylation is 1. The van der Waals surface area contributed by atoms with Crippen molar-refractivity contribution in [1.82, 2.24) is 4.98 Å². The molecule has 0 unspecified atom stereocenters. The molecular formula is C19H18N2O2. The minimum atomic E-state index is 0.0302. The highest BCUT2D eigenvalue weighted by molar-refractivity contribution is 6.10. The summed E-state index contributed by atoms with van der Waals surface area (Å²) in [5, 5.41) is 1.03. The number of hydrogen-bond acceptors (Lipinski definition) is 2. The van der Waals surface area contributed by atoms with Crippen molar-refractivity contribution >= 4 is 22.5 Å². The van der Waals surface area contributed by atoms with Gasteiger partial charge in [-0.3, -0.25) is 4.79 Å². The van der Waals surface area contributed by atoms with Crippen molar-refractivity contribution in [1.29, 1.82) is 0 Å². The van der Waals surface area contributed by atoms with Gasteiger partial charge in [0.25, 0.3) is 5.91 Å². The van der Waals surface area contributed by atoms with Crippen LogP contribution < -0.4 is 9.64 Å². The van der Waals surface area contributed by atoms with E-state index in [4.69, 9.17) is 4.74 Å². The third-order valence-corrected chi connectivity index (χ3v) is 4.61. The molecule has 0 bridgehead atoms. The van der Waals surface area contributed by atoms with Crippen LogP contribution >= 0.6 is 0 Å². The largest absolute Gasteiger partial charge is 0.497 e. The van der Waals surface area contributed by atoms with Gasteiger partial charge in [-0.05, 0) is 48.7 Å². The molecule has 0 fully saturated rings. The first-order valence-electron chi connectivity index (χ1n) is 7.75. The van der Waals surface area contributed by atoms with Crippen LogP contribution in [0.3, 0.4) is 0 Å². The van der Waals surface area contributed by atoms with Gasteiger partial charge in [-0.25, -0.2) is 0 Å². The zero-order valence-corrected chi connectivity index (χ0v) is 13.2. The Bertz CT molecular complexity index is 911. The van der Waals surface area contributed by atoms with Crippen molar-refractivity contribution in [2.24, 2.45) is 0 Å². The number of hydrogen-bond donors (Lipinski definition) is 1. The zero-order chi connectivity index (χ0) is 16.0. The maximum absolute atomic E-state index is 13.0. The van der Waals surface area contributed by atoms with Crippen LogP contribution in [0.5, 0.6) is 5.75 Å². The highest BCUT2D eigenvalue weighted by Crippen LogP contribution is 2.31. The van der Waals surface area contributed by atoms with Crippen LogP contribution in [0, 0.1) is 6.92 Å². The lowest BCUT2D eigenvalue weighted by atomic mass is 10.1. The van der Waals surface area contributed by atoms with Gasteiger partial charge in [-0.2, -0.15) is 0 Å². The van der Waals surface area contributed by atoms with Crippen LogP contribution in [0.2, 0.25) is 0 Å². The predicted molar refractivity (Wildman–Crippen MR) is 91.4 cm³/mol.